The van der Waals surface area contributed by atoms with Gasteiger partial charge in [-0.3, -0.25) is 4.99 Å². The Morgan fingerprint density at radius 3 is 3.00 bits per heavy atom. The van der Waals surface area contributed by atoms with Crippen LogP contribution < -0.4 is 0 Å². The van der Waals surface area contributed by atoms with Crippen molar-refractivity contribution in [3.8, 4) is 0 Å². The zero-order valence-corrected chi connectivity index (χ0v) is 8.27. The molecule has 0 aromatic carbocycles. The Hall–Kier alpha value is -0.890. The summed E-state index contributed by atoms with van der Waals surface area (Å²) in [6.45, 7) is 4.10. The van der Waals surface area contributed by atoms with Crippen LogP contribution in [0, 0.1) is 0 Å². The molecule has 2 heteroatoms. The summed E-state index contributed by atoms with van der Waals surface area (Å²) in [6, 6.07) is 2.09. The standard InChI is InChI=1S/C10H13NS/c1-3-6-11-10(4-2)9-5-7-12-8-9/h4-8H,3H2,1-2H3/b10-4-,11-6?. The Morgan fingerprint density at radius 1 is 1.67 bits per heavy atom. The molecule has 0 radical (unpaired) electrons. The number of hydrogen-bond acceptors (Lipinski definition) is 2. The number of aliphatic imine (C=N–C) groups is 1. The molecular formula is C10H13NS. The lowest BCUT2D eigenvalue weighted by atomic mass is 10.2. The van der Waals surface area contributed by atoms with Crippen molar-refractivity contribution in [1.82, 2.24) is 0 Å². The molecule has 1 rings (SSSR count). The molecule has 0 amide bonds. The van der Waals surface area contributed by atoms with E-state index in [0.717, 1.165) is 12.1 Å². The average molecular weight is 179 g/mol. The Morgan fingerprint density at radius 2 is 2.50 bits per heavy atom. The van der Waals surface area contributed by atoms with Gasteiger partial charge in [-0.05, 0) is 24.8 Å². The highest BCUT2D eigenvalue weighted by molar-refractivity contribution is 7.08. The Bertz CT molecular complexity index is 270. The zero-order chi connectivity index (χ0) is 8.81. The molecule has 0 N–H and O–H groups in total. The molecule has 0 bridgehead atoms. The Labute approximate surface area is 77.5 Å². The van der Waals surface area contributed by atoms with Crippen LogP contribution in [0.3, 0.4) is 0 Å². The van der Waals surface area contributed by atoms with Gasteiger partial charge in [-0.15, -0.1) is 0 Å². The second kappa shape index (κ2) is 4.88. The van der Waals surface area contributed by atoms with Gasteiger partial charge in [0.2, 0.25) is 0 Å². The summed E-state index contributed by atoms with van der Waals surface area (Å²) in [6.07, 6.45) is 4.96. The number of rotatable bonds is 3. The van der Waals surface area contributed by atoms with Crippen molar-refractivity contribution in [1.29, 1.82) is 0 Å². The normalized spacial score (nSPS) is 12.7. The molecule has 0 atom stereocenters. The third-order valence-corrected chi connectivity index (χ3v) is 2.19. The predicted molar refractivity (Wildman–Crippen MR) is 56.8 cm³/mol. The maximum Gasteiger partial charge on any atom is 0.0663 e. The molecule has 0 unspecified atom stereocenters. The van der Waals surface area contributed by atoms with Gasteiger partial charge >= 0.3 is 0 Å². The quantitative estimate of drug-likeness (QED) is 0.629. The minimum atomic E-state index is 0.988. The maximum atomic E-state index is 4.35. The molecule has 0 saturated heterocycles. The smallest absolute Gasteiger partial charge is 0.0663 e. The van der Waals surface area contributed by atoms with E-state index in [0.29, 0.717) is 0 Å². The van der Waals surface area contributed by atoms with E-state index in [1.165, 1.54) is 5.56 Å². The van der Waals surface area contributed by atoms with Crippen LogP contribution in [0.2, 0.25) is 0 Å². The number of nitrogens with zero attached hydrogens (tertiary/aromatic N) is 1. The third-order valence-electron chi connectivity index (χ3n) is 1.50. The minimum absolute atomic E-state index is 0.988. The highest BCUT2D eigenvalue weighted by Gasteiger charge is 1.96. The lowest BCUT2D eigenvalue weighted by Crippen LogP contribution is -1.76. The second-order valence-electron chi connectivity index (χ2n) is 2.41. The molecule has 1 aromatic heterocycles. The highest BCUT2D eigenvalue weighted by atomic mass is 32.1. The van der Waals surface area contributed by atoms with Crippen LogP contribution in [0.1, 0.15) is 25.8 Å². The van der Waals surface area contributed by atoms with Gasteiger partial charge in [0.25, 0.3) is 0 Å². The molecule has 12 heavy (non-hydrogen) atoms. The van der Waals surface area contributed by atoms with Crippen LogP contribution in [0.15, 0.2) is 27.9 Å². The fourth-order valence-electron chi connectivity index (χ4n) is 0.916. The van der Waals surface area contributed by atoms with E-state index >= 15 is 0 Å². The number of allylic oxidation sites excluding steroid dienone is 1. The van der Waals surface area contributed by atoms with Crippen molar-refractivity contribution in [3.05, 3.63) is 28.5 Å². The van der Waals surface area contributed by atoms with E-state index in [2.05, 4.69) is 28.7 Å². The first-order valence-electron chi connectivity index (χ1n) is 4.10. The number of hydrogen-bond donors (Lipinski definition) is 0. The molecule has 0 fully saturated rings. The number of thiophene rings is 1. The minimum Gasteiger partial charge on any atom is -0.261 e. The second-order valence-corrected chi connectivity index (χ2v) is 3.19. The highest BCUT2D eigenvalue weighted by Crippen LogP contribution is 2.18. The van der Waals surface area contributed by atoms with Gasteiger partial charge in [0.1, 0.15) is 0 Å². The van der Waals surface area contributed by atoms with Crippen LogP contribution in [0.4, 0.5) is 0 Å². The molecule has 1 aromatic rings. The molecule has 0 aliphatic rings. The molecule has 1 nitrogen and oxygen atoms in total. The summed E-state index contributed by atoms with van der Waals surface area (Å²) < 4.78 is 0. The van der Waals surface area contributed by atoms with Crippen molar-refractivity contribution in [2.24, 2.45) is 4.99 Å². The zero-order valence-electron chi connectivity index (χ0n) is 7.45. The van der Waals surface area contributed by atoms with E-state index in [9.17, 15) is 0 Å². The predicted octanol–water partition coefficient (Wildman–Crippen LogP) is 3.59. The van der Waals surface area contributed by atoms with Gasteiger partial charge in [0.05, 0.1) is 5.70 Å². The topological polar surface area (TPSA) is 12.4 Å². The van der Waals surface area contributed by atoms with Gasteiger partial charge in [0, 0.05) is 17.2 Å². The van der Waals surface area contributed by atoms with Gasteiger partial charge < -0.3 is 0 Å². The third kappa shape index (κ3) is 2.31. The van der Waals surface area contributed by atoms with E-state index in [-0.39, 0.29) is 0 Å². The summed E-state index contributed by atoms with van der Waals surface area (Å²) in [5.74, 6) is 0. The van der Waals surface area contributed by atoms with E-state index in [1.807, 2.05) is 19.2 Å². The largest absolute Gasteiger partial charge is 0.261 e. The van der Waals surface area contributed by atoms with Gasteiger partial charge in [-0.1, -0.05) is 13.0 Å². The van der Waals surface area contributed by atoms with Gasteiger partial charge in [0.15, 0.2) is 0 Å². The molecular weight excluding hydrogens is 166 g/mol. The summed E-state index contributed by atoms with van der Waals surface area (Å²) in [7, 11) is 0. The molecule has 64 valence electrons. The molecule has 0 spiro atoms. The lowest BCUT2D eigenvalue weighted by Gasteiger charge is -1.94. The van der Waals surface area contributed by atoms with E-state index in [1.54, 1.807) is 11.3 Å². The Balaban J connectivity index is 2.78. The van der Waals surface area contributed by atoms with Crippen molar-refractivity contribution in [2.45, 2.75) is 20.3 Å². The van der Waals surface area contributed by atoms with Crippen molar-refractivity contribution in [2.75, 3.05) is 0 Å². The van der Waals surface area contributed by atoms with Crippen LogP contribution in [0.5, 0.6) is 0 Å². The summed E-state index contributed by atoms with van der Waals surface area (Å²) >= 11 is 1.70. The van der Waals surface area contributed by atoms with E-state index in [4.69, 9.17) is 0 Å². The van der Waals surface area contributed by atoms with Crippen LogP contribution in [-0.4, -0.2) is 6.21 Å². The first-order valence-corrected chi connectivity index (χ1v) is 5.04. The van der Waals surface area contributed by atoms with Crippen molar-refractivity contribution in [3.63, 3.8) is 0 Å². The summed E-state index contributed by atoms with van der Waals surface area (Å²) in [5.41, 5.74) is 2.28. The SMILES string of the molecule is C/C=C(\N=CCC)c1ccsc1. The van der Waals surface area contributed by atoms with Gasteiger partial charge in [-0.2, -0.15) is 11.3 Å². The average Bonchev–Trinajstić information content (AvgIpc) is 2.59. The monoisotopic (exact) mass is 179 g/mol. The first-order chi connectivity index (χ1) is 5.88. The van der Waals surface area contributed by atoms with Crippen LogP contribution >= 0.6 is 11.3 Å². The molecule has 0 aliphatic carbocycles. The summed E-state index contributed by atoms with van der Waals surface area (Å²) in [5, 5.41) is 4.18. The van der Waals surface area contributed by atoms with Crippen LogP contribution in [-0.2, 0) is 0 Å². The fourth-order valence-corrected chi connectivity index (χ4v) is 1.57. The van der Waals surface area contributed by atoms with Crippen molar-refractivity contribution < 1.29 is 0 Å². The molecule has 0 aliphatic heterocycles. The summed E-state index contributed by atoms with van der Waals surface area (Å²) in [4.78, 5) is 4.35. The Kier molecular flexibility index (Phi) is 3.74. The first kappa shape index (κ1) is 9.20. The fraction of sp³-hybridized carbons (Fsp3) is 0.300. The van der Waals surface area contributed by atoms with Crippen molar-refractivity contribution >= 4 is 23.2 Å². The van der Waals surface area contributed by atoms with Gasteiger partial charge in [-0.25, -0.2) is 0 Å². The maximum absolute atomic E-state index is 4.35. The lowest BCUT2D eigenvalue weighted by molar-refractivity contribution is 1.31. The van der Waals surface area contributed by atoms with Crippen LogP contribution in [0.25, 0.3) is 5.70 Å². The molecule has 1 heterocycles. The molecule has 0 saturated carbocycles. The van der Waals surface area contributed by atoms with E-state index < -0.39 is 0 Å².